The number of aromatic nitrogens is 3. The molecule has 0 bridgehead atoms. The van der Waals surface area contributed by atoms with Gasteiger partial charge in [0.25, 0.3) is 0 Å². The second-order valence-electron chi connectivity index (χ2n) is 8.31. The molecule has 2 amide bonds. The van der Waals surface area contributed by atoms with Crippen LogP contribution in [0.3, 0.4) is 0 Å². The number of carbonyl (C=O) groups excluding carboxylic acids is 1. The molecule has 6 rings (SSSR count). The van der Waals surface area contributed by atoms with Gasteiger partial charge >= 0.3 is 6.03 Å². The number of nitrogens with one attached hydrogen (secondary N) is 3. The summed E-state index contributed by atoms with van der Waals surface area (Å²) in [7, 11) is 0. The van der Waals surface area contributed by atoms with Gasteiger partial charge in [-0.2, -0.15) is 5.10 Å². The summed E-state index contributed by atoms with van der Waals surface area (Å²) in [6.07, 6.45) is 3.08. The summed E-state index contributed by atoms with van der Waals surface area (Å²) in [6.45, 7) is 1.11. The molecular weight excluding hydrogens is 374 g/mol. The van der Waals surface area contributed by atoms with Crippen molar-refractivity contribution in [1.29, 1.82) is 0 Å². The molecule has 150 valence electrons. The van der Waals surface area contributed by atoms with Crippen molar-refractivity contribution in [3.63, 3.8) is 0 Å². The van der Waals surface area contributed by atoms with E-state index in [1.165, 1.54) is 10.9 Å². The Balaban J connectivity index is 1.32. The van der Waals surface area contributed by atoms with Gasteiger partial charge in [-0.1, -0.05) is 48.5 Å². The van der Waals surface area contributed by atoms with Crippen molar-refractivity contribution in [1.82, 2.24) is 25.4 Å². The largest absolute Gasteiger partial charge is 0.353 e. The maximum atomic E-state index is 13.2. The number of hydrogen-bond acceptors (Lipinski definition) is 2. The molecule has 6 heteroatoms. The van der Waals surface area contributed by atoms with Gasteiger partial charge in [-0.15, -0.1) is 0 Å². The number of H-pyrrole nitrogens is 2. The maximum absolute atomic E-state index is 13.2. The normalized spacial score (nSPS) is 16.6. The number of para-hydroxylation sites is 1. The van der Waals surface area contributed by atoms with E-state index in [1.807, 2.05) is 47.4 Å². The van der Waals surface area contributed by atoms with Crippen molar-refractivity contribution in [3.05, 3.63) is 77.5 Å². The van der Waals surface area contributed by atoms with Crippen LogP contribution in [-0.4, -0.2) is 26.1 Å². The Morgan fingerprint density at radius 2 is 1.90 bits per heavy atom. The van der Waals surface area contributed by atoms with Crippen LogP contribution in [0.4, 0.5) is 4.79 Å². The van der Waals surface area contributed by atoms with E-state index in [1.54, 1.807) is 0 Å². The molecule has 2 aromatic heterocycles. The third kappa shape index (κ3) is 2.49. The summed E-state index contributed by atoms with van der Waals surface area (Å²) in [5.41, 5.74) is 6.14. The van der Waals surface area contributed by atoms with Gasteiger partial charge < -0.3 is 15.2 Å². The number of nitrogens with zero attached hydrogens (tertiary/aromatic N) is 2. The molecule has 1 fully saturated rings. The van der Waals surface area contributed by atoms with Crippen LogP contribution < -0.4 is 5.32 Å². The lowest BCUT2D eigenvalue weighted by molar-refractivity contribution is 0.0556. The molecule has 1 aliphatic carbocycles. The summed E-state index contributed by atoms with van der Waals surface area (Å²) >= 11 is 0. The highest BCUT2D eigenvalue weighted by Crippen LogP contribution is 2.54. The summed E-state index contributed by atoms with van der Waals surface area (Å²) in [5, 5.41) is 12.2. The number of carbonyl (C=O) groups is 1. The zero-order valence-corrected chi connectivity index (χ0v) is 16.6. The Kier molecular flexibility index (Phi) is 3.75. The van der Waals surface area contributed by atoms with E-state index in [-0.39, 0.29) is 11.6 Å². The number of aromatic amines is 2. The minimum Gasteiger partial charge on any atom is -0.353 e. The monoisotopic (exact) mass is 397 g/mol. The Bertz CT molecular complexity index is 1200. The van der Waals surface area contributed by atoms with Gasteiger partial charge in [0.1, 0.15) is 5.69 Å². The van der Waals surface area contributed by atoms with Crippen LogP contribution in [0.2, 0.25) is 0 Å². The molecule has 1 saturated carbocycles. The van der Waals surface area contributed by atoms with Crippen molar-refractivity contribution in [2.24, 2.45) is 0 Å². The fourth-order valence-corrected chi connectivity index (χ4v) is 5.00. The summed E-state index contributed by atoms with van der Waals surface area (Å²) in [5.74, 6) is 0. The first kappa shape index (κ1) is 17.3. The number of rotatable bonds is 3. The van der Waals surface area contributed by atoms with Crippen LogP contribution in [0.15, 0.2) is 60.7 Å². The predicted molar refractivity (Wildman–Crippen MR) is 116 cm³/mol. The molecular formula is C24H23N5O. The number of urea groups is 1. The van der Waals surface area contributed by atoms with Gasteiger partial charge in [-0.05, 0) is 37.0 Å². The topological polar surface area (TPSA) is 76.8 Å². The number of benzene rings is 2. The van der Waals surface area contributed by atoms with Gasteiger partial charge in [0.05, 0.1) is 23.5 Å². The molecule has 30 heavy (non-hydrogen) atoms. The van der Waals surface area contributed by atoms with Crippen LogP contribution in [0.25, 0.3) is 22.3 Å². The highest BCUT2D eigenvalue weighted by Gasteiger charge is 2.54. The molecule has 0 unspecified atom stereocenters. The second kappa shape index (κ2) is 6.49. The SMILES string of the molecule is O=C(NCc1ccccc1)N1Cc2[nH]nc(-c3cc4ccccc4[nH]3)c2C12CCC2. The second-order valence-corrected chi connectivity index (χ2v) is 8.31. The third-order valence-corrected chi connectivity index (χ3v) is 6.64. The van der Waals surface area contributed by atoms with Crippen LogP contribution in [0, 0.1) is 0 Å². The van der Waals surface area contributed by atoms with Crippen molar-refractivity contribution >= 4 is 16.9 Å². The van der Waals surface area contributed by atoms with Gasteiger partial charge in [-0.25, -0.2) is 4.79 Å². The van der Waals surface area contributed by atoms with E-state index < -0.39 is 0 Å². The van der Waals surface area contributed by atoms with Crippen LogP contribution in [0.1, 0.15) is 36.1 Å². The molecule has 0 saturated heterocycles. The fourth-order valence-electron chi connectivity index (χ4n) is 5.00. The van der Waals surface area contributed by atoms with Gasteiger partial charge in [-0.3, -0.25) is 5.10 Å². The Hall–Kier alpha value is -3.54. The molecule has 1 aliphatic heterocycles. The molecule has 3 N–H and O–H groups in total. The van der Waals surface area contributed by atoms with Crippen molar-refractivity contribution in [2.75, 3.05) is 0 Å². The van der Waals surface area contributed by atoms with Crippen LogP contribution in [0.5, 0.6) is 0 Å². The summed E-state index contributed by atoms with van der Waals surface area (Å²) in [6, 6.07) is 20.4. The highest BCUT2D eigenvalue weighted by molar-refractivity contribution is 5.86. The first-order valence-corrected chi connectivity index (χ1v) is 10.5. The molecule has 0 radical (unpaired) electrons. The Labute approximate surface area is 174 Å². The van der Waals surface area contributed by atoms with E-state index >= 15 is 0 Å². The fraction of sp³-hybridized carbons (Fsp3) is 0.250. The lowest BCUT2D eigenvalue weighted by Gasteiger charge is -2.46. The highest BCUT2D eigenvalue weighted by atomic mass is 16.2. The molecule has 6 nitrogen and oxygen atoms in total. The van der Waals surface area contributed by atoms with Crippen LogP contribution >= 0.6 is 0 Å². The zero-order chi connectivity index (χ0) is 20.1. The quantitative estimate of drug-likeness (QED) is 0.470. The van der Waals surface area contributed by atoms with E-state index in [4.69, 9.17) is 0 Å². The van der Waals surface area contributed by atoms with E-state index in [0.29, 0.717) is 13.1 Å². The van der Waals surface area contributed by atoms with Gasteiger partial charge in [0.15, 0.2) is 0 Å². The lowest BCUT2D eigenvalue weighted by Crippen LogP contribution is -2.52. The molecule has 3 heterocycles. The Morgan fingerprint density at radius 3 is 2.67 bits per heavy atom. The van der Waals surface area contributed by atoms with Gasteiger partial charge in [0.2, 0.25) is 0 Å². The zero-order valence-electron chi connectivity index (χ0n) is 16.6. The molecule has 2 aliphatic rings. The standard InChI is InChI=1S/C24H23N5O/c30-23(25-14-16-7-2-1-3-8-16)29-15-20-21(24(29)11-6-12-24)22(28-27-20)19-13-17-9-4-5-10-18(17)26-19/h1-5,7-10,13,26H,6,11-12,14-15H2,(H,25,30)(H,27,28). The van der Waals surface area contributed by atoms with Gasteiger partial charge in [0, 0.05) is 23.0 Å². The summed E-state index contributed by atoms with van der Waals surface area (Å²) < 4.78 is 0. The minimum absolute atomic E-state index is 0.00856. The van der Waals surface area contributed by atoms with E-state index in [2.05, 4.69) is 38.7 Å². The first-order valence-electron chi connectivity index (χ1n) is 10.5. The molecule has 1 spiro atoms. The van der Waals surface area contributed by atoms with Crippen molar-refractivity contribution in [2.45, 2.75) is 37.9 Å². The smallest absolute Gasteiger partial charge is 0.318 e. The first-order chi connectivity index (χ1) is 14.7. The number of hydrogen-bond donors (Lipinski definition) is 3. The lowest BCUT2D eigenvalue weighted by atomic mass is 9.71. The predicted octanol–water partition coefficient (Wildman–Crippen LogP) is 4.66. The maximum Gasteiger partial charge on any atom is 0.318 e. The average molecular weight is 397 g/mol. The van der Waals surface area contributed by atoms with Crippen molar-refractivity contribution < 1.29 is 4.79 Å². The number of fused-ring (bicyclic) bond motifs is 3. The van der Waals surface area contributed by atoms with E-state index in [9.17, 15) is 4.79 Å². The molecule has 4 aromatic rings. The number of amides is 2. The third-order valence-electron chi connectivity index (χ3n) is 6.64. The van der Waals surface area contributed by atoms with E-state index in [0.717, 1.165) is 47.4 Å². The van der Waals surface area contributed by atoms with Crippen LogP contribution in [-0.2, 0) is 18.6 Å². The molecule has 2 aromatic carbocycles. The average Bonchev–Trinajstić information content (AvgIpc) is 3.43. The molecule has 0 atom stereocenters. The minimum atomic E-state index is -0.254. The Morgan fingerprint density at radius 1 is 1.10 bits per heavy atom. The van der Waals surface area contributed by atoms with Crippen molar-refractivity contribution in [3.8, 4) is 11.4 Å². The summed E-state index contributed by atoms with van der Waals surface area (Å²) in [4.78, 5) is 18.7.